The first kappa shape index (κ1) is 36.2. The van der Waals surface area contributed by atoms with E-state index in [1.807, 2.05) is 13.8 Å². The van der Waals surface area contributed by atoms with Gasteiger partial charge in [0.25, 0.3) is 0 Å². The Bertz CT molecular complexity index is 549. The van der Waals surface area contributed by atoms with Gasteiger partial charge in [0.1, 0.15) is 0 Å². The maximum absolute atomic E-state index is 4.49. The van der Waals surface area contributed by atoms with Crippen molar-refractivity contribution in [1.29, 1.82) is 0 Å². The molecular formula is C28H55ClPPd+. The van der Waals surface area contributed by atoms with Crippen molar-refractivity contribution in [2.75, 3.05) is 0 Å². The van der Waals surface area contributed by atoms with Crippen LogP contribution in [-0.2, 0) is 24.6 Å². The van der Waals surface area contributed by atoms with E-state index in [0.29, 0.717) is 20.9 Å². The van der Waals surface area contributed by atoms with Crippen LogP contribution in [0.3, 0.4) is 0 Å². The van der Waals surface area contributed by atoms with E-state index in [2.05, 4.69) is 135 Å². The molecule has 1 aromatic carbocycles. The molecule has 0 saturated carbocycles. The van der Waals surface area contributed by atoms with E-state index < -0.39 is 7.92 Å². The Labute approximate surface area is 214 Å². The van der Waals surface area contributed by atoms with Crippen LogP contribution in [0.25, 0.3) is 0 Å². The maximum atomic E-state index is 4.49. The Hall–Kier alpha value is 0.602. The Morgan fingerprint density at radius 1 is 0.742 bits per heavy atom. The van der Waals surface area contributed by atoms with Crippen molar-refractivity contribution >= 4 is 17.5 Å². The molecule has 0 fully saturated rings. The first-order valence-electron chi connectivity index (χ1n) is 11.5. The van der Waals surface area contributed by atoms with E-state index in [0.717, 1.165) is 5.92 Å². The van der Waals surface area contributed by atoms with E-state index >= 15 is 0 Å². The molecule has 1 aliphatic rings. The summed E-state index contributed by atoms with van der Waals surface area (Å²) < 4.78 is 0. The van der Waals surface area contributed by atoms with E-state index in [1.165, 1.54) is 12.8 Å². The average Bonchev–Trinajstić information content (AvgIpc) is 2.99. The number of rotatable bonds is 0. The van der Waals surface area contributed by atoms with E-state index in [-0.39, 0.29) is 7.43 Å². The topological polar surface area (TPSA) is 0 Å². The van der Waals surface area contributed by atoms with Crippen LogP contribution < -0.4 is 0 Å². The number of aryl methyl sites for hydroxylation is 1. The molecule has 188 valence electrons. The molecule has 2 rings (SSSR count). The van der Waals surface area contributed by atoms with Crippen molar-refractivity contribution < 1.29 is 18.2 Å². The van der Waals surface area contributed by atoms with Gasteiger partial charge in [0.2, 0.25) is 0 Å². The molecule has 0 spiro atoms. The number of hydrogen-bond donors (Lipinski definition) is 0. The van der Waals surface area contributed by atoms with Gasteiger partial charge < -0.3 is 7.43 Å². The summed E-state index contributed by atoms with van der Waals surface area (Å²) in [5, 5.41) is 1.46. The molecule has 1 aromatic rings. The van der Waals surface area contributed by atoms with Gasteiger partial charge in [0, 0.05) is 7.92 Å². The van der Waals surface area contributed by atoms with Crippen LogP contribution in [0.1, 0.15) is 120 Å². The summed E-state index contributed by atoms with van der Waals surface area (Å²) in [6.07, 6.45) is 2.61. The minimum absolute atomic E-state index is 0. The number of fused-ring (bicyclic) bond motifs is 1. The summed E-state index contributed by atoms with van der Waals surface area (Å²) in [7, 11) is 4.10. The summed E-state index contributed by atoms with van der Waals surface area (Å²) in [6.45, 7) is 32.6. The molecule has 0 aliphatic heterocycles. The molecule has 3 heteroatoms. The monoisotopic (exact) mass is 563 g/mol. The second-order valence-electron chi connectivity index (χ2n) is 12.3. The molecule has 31 heavy (non-hydrogen) atoms. The van der Waals surface area contributed by atoms with Gasteiger partial charge >= 0.3 is 27.7 Å². The molecule has 0 aromatic heterocycles. The van der Waals surface area contributed by atoms with Crippen molar-refractivity contribution in [1.82, 2.24) is 0 Å². The van der Waals surface area contributed by atoms with Crippen LogP contribution in [-0.4, -0.2) is 15.5 Å². The van der Waals surface area contributed by atoms with Gasteiger partial charge in [0.15, 0.2) is 0 Å². The fourth-order valence-electron chi connectivity index (χ4n) is 5.83. The van der Waals surface area contributed by atoms with Gasteiger partial charge in [-0.25, -0.2) is 0 Å². The van der Waals surface area contributed by atoms with Crippen molar-refractivity contribution in [3.8, 4) is 0 Å². The molecule has 0 bridgehead atoms. The van der Waals surface area contributed by atoms with Crippen LogP contribution in [0.15, 0.2) is 24.3 Å². The molecule has 0 heterocycles. The SMILES string of the molecule is CC.CC(C)(C)C1CCc2ccccc21.CC(C)(C)[PH+](C(C)(C)C)C(C)(C)C.[CH3-].[Cl][Pd+]. The first-order chi connectivity index (χ1) is 13.5. The van der Waals surface area contributed by atoms with Crippen LogP contribution in [0.4, 0.5) is 0 Å². The summed E-state index contributed by atoms with van der Waals surface area (Å²) in [6, 6.07) is 8.91. The second-order valence-corrected chi connectivity index (χ2v) is 17.5. The van der Waals surface area contributed by atoms with E-state index in [1.54, 1.807) is 11.1 Å². The van der Waals surface area contributed by atoms with Gasteiger partial charge in [-0.2, -0.15) is 0 Å². The number of hydrogen-bond acceptors (Lipinski definition) is 0. The third-order valence-electron chi connectivity index (χ3n) is 5.43. The molecule has 0 saturated heterocycles. The Morgan fingerprint density at radius 3 is 1.39 bits per heavy atom. The molecule has 0 amide bonds. The first-order valence-corrected chi connectivity index (χ1v) is 15.0. The van der Waals surface area contributed by atoms with Crippen molar-refractivity contribution in [2.45, 2.75) is 131 Å². The van der Waals surface area contributed by atoms with Crippen molar-refractivity contribution in [2.24, 2.45) is 5.41 Å². The molecular weight excluding hydrogens is 509 g/mol. The predicted octanol–water partition coefficient (Wildman–Crippen LogP) is 10.5. The average molecular weight is 565 g/mol. The quantitative estimate of drug-likeness (QED) is 0.167. The molecule has 0 radical (unpaired) electrons. The van der Waals surface area contributed by atoms with Gasteiger partial charge in [0.05, 0.1) is 15.5 Å². The number of benzene rings is 1. The Balaban J connectivity index is -0.000000424. The van der Waals surface area contributed by atoms with Gasteiger partial charge in [-0.05, 0) is 97.6 Å². The summed E-state index contributed by atoms with van der Waals surface area (Å²) >= 11 is 2.22. The van der Waals surface area contributed by atoms with Crippen molar-refractivity contribution in [3.63, 3.8) is 0 Å². The Morgan fingerprint density at radius 2 is 1.10 bits per heavy atom. The van der Waals surface area contributed by atoms with Crippen molar-refractivity contribution in [3.05, 3.63) is 42.8 Å². The zero-order chi connectivity index (χ0) is 24.6. The van der Waals surface area contributed by atoms with Gasteiger partial charge in [-0.15, -0.1) is 0 Å². The fourth-order valence-corrected chi connectivity index (χ4v) is 12.6. The Kier molecular flexibility index (Phi) is 17.2. The zero-order valence-electron chi connectivity index (χ0n) is 23.5. The number of halogens is 1. The van der Waals surface area contributed by atoms with Crippen LogP contribution in [0.2, 0.25) is 0 Å². The molecule has 1 unspecified atom stereocenters. The summed E-state index contributed by atoms with van der Waals surface area (Å²) in [5.41, 5.74) is 3.59. The summed E-state index contributed by atoms with van der Waals surface area (Å²) in [4.78, 5) is 0. The second kappa shape index (κ2) is 14.8. The van der Waals surface area contributed by atoms with E-state index in [9.17, 15) is 0 Å². The third-order valence-corrected chi connectivity index (χ3v) is 9.93. The zero-order valence-corrected chi connectivity index (χ0v) is 26.8. The normalized spacial score (nSPS) is 15.9. The standard InChI is InChI=1S/C13H18.C12H27P.C2H6.CH3.ClH.Pd/c1-13(2,3)12-9-8-10-6-4-5-7-11(10)12;1-10(2,3)13(11(4,5)6)12(7,8)9;1-2;;;/h4-7,12H,8-9H2,1-3H3;1-9H3;1-2H3;1H3;1H;/q;;;-1;;+2. The van der Waals surface area contributed by atoms with Gasteiger partial charge in [-0.1, -0.05) is 58.9 Å². The predicted molar refractivity (Wildman–Crippen MR) is 148 cm³/mol. The third kappa shape index (κ3) is 12.6. The van der Waals surface area contributed by atoms with Crippen LogP contribution >= 0.6 is 17.5 Å². The summed E-state index contributed by atoms with van der Waals surface area (Å²) in [5.74, 6) is 0.767. The molecule has 0 nitrogen and oxygen atoms in total. The van der Waals surface area contributed by atoms with Gasteiger partial charge in [-0.3, -0.25) is 0 Å². The molecule has 1 aliphatic carbocycles. The minimum atomic E-state index is -0.391. The fraction of sp³-hybridized carbons (Fsp3) is 0.750. The van der Waals surface area contributed by atoms with Crippen LogP contribution in [0, 0.1) is 12.8 Å². The van der Waals surface area contributed by atoms with Crippen LogP contribution in [0.5, 0.6) is 0 Å². The van der Waals surface area contributed by atoms with E-state index in [4.69, 9.17) is 0 Å². The molecule has 0 N–H and O–H groups in total. The molecule has 1 atom stereocenters.